The molecule has 0 saturated carbocycles. The number of Topliss-reactive ketones (excluding diaryl/α,β-unsaturated/α-hetero) is 1. The molecule has 0 amide bonds. The summed E-state index contributed by atoms with van der Waals surface area (Å²) in [7, 11) is 2.85. The highest BCUT2D eigenvalue weighted by Crippen LogP contribution is 2.45. The van der Waals surface area contributed by atoms with Crippen LogP contribution in [0.4, 0.5) is 0 Å². The fraction of sp³-hybridized carbons (Fsp3) is 0.458. The minimum Gasteiger partial charge on any atom is -0.497 e. The second-order valence-electron chi connectivity index (χ2n) is 8.26. The molecule has 0 aromatic heterocycles. The summed E-state index contributed by atoms with van der Waals surface area (Å²) in [4.78, 5) is 39.1. The molecule has 0 radical (unpaired) electrons. The second-order valence-corrected chi connectivity index (χ2v) is 8.26. The van der Waals surface area contributed by atoms with Crippen molar-refractivity contribution in [3.8, 4) is 5.75 Å². The summed E-state index contributed by atoms with van der Waals surface area (Å²) in [6.07, 6.45) is 0.182. The van der Waals surface area contributed by atoms with Crippen molar-refractivity contribution in [2.24, 2.45) is 11.8 Å². The molecule has 1 aliphatic heterocycles. The first-order valence-corrected chi connectivity index (χ1v) is 10.4. The van der Waals surface area contributed by atoms with Crippen molar-refractivity contribution in [2.45, 2.75) is 46.1 Å². The molecule has 0 spiro atoms. The summed E-state index contributed by atoms with van der Waals surface area (Å²) in [5.41, 5.74) is 2.90. The number of allylic oxidation sites excluding steroid dienone is 3. The minimum absolute atomic E-state index is 0.223. The molecular weight excluding hydrogens is 398 g/mol. The van der Waals surface area contributed by atoms with Crippen molar-refractivity contribution in [2.75, 3.05) is 14.2 Å². The highest BCUT2D eigenvalue weighted by Gasteiger charge is 2.47. The van der Waals surface area contributed by atoms with Crippen molar-refractivity contribution in [1.82, 2.24) is 5.32 Å². The quantitative estimate of drug-likeness (QED) is 0.570. The fourth-order valence-electron chi connectivity index (χ4n) is 4.36. The summed E-state index contributed by atoms with van der Waals surface area (Å²) >= 11 is 0. The maximum atomic E-state index is 13.6. The number of carbonyl (C=O) groups is 3. The van der Waals surface area contributed by atoms with Gasteiger partial charge in [-0.3, -0.25) is 9.59 Å². The molecule has 0 unspecified atom stereocenters. The molecule has 166 valence electrons. The number of hydrogen-bond acceptors (Lipinski definition) is 7. The highest BCUT2D eigenvalue weighted by molar-refractivity contribution is 6.12. The van der Waals surface area contributed by atoms with Gasteiger partial charge in [-0.15, -0.1) is 0 Å². The molecule has 3 atom stereocenters. The number of dihydropyridines is 1. The van der Waals surface area contributed by atoms with Crippen molar-refractivity contribution in [3.05, 3.63) is 52.4 Å². The number of ketones is 1. The Kier molecular flexibility index (Phi) is 6.53. The maximum absolute atomic E-state index is 13.6. The van der Waals surface area contributed by atoms with Gasteiger partial charge in [0.15, 0.2) is 5.78 Å². The lowest BCUT2D eigenvalue weighted by Crippen LogP contribution is -2.43. The van der Waals surface area contributed by atoms with Gasteiger partial charge in [-0.05, 0) is 50.8 Å². The number of esters is 2. The van der Waals surface area contributed by atoms with Gasteiger partial charge < -0.3 is 19.5 Å². The van der Waals surface area contributed by atoms with Crippen LogP contribution < -0.4 is 10.1 Å². The molecule has 1 aromatic carbocycles. The number of carbonyl (C=O) groups excluding carboxylic acids is 3. The first-order chi connectivity index (χ1) is 14.7. The van der Waals surface area contributed by atoms with Gasteiger partial charge in [0, 0.05) is 22.9 Å². The van der Waals surface area contributed by atoms with Gasteiger partial charge in [0.1, 0.15) is 11.7 Å². The average Bonchev–Trinajstić information content (AvgIpc) is 2.71. The lowest BCUT2D eigenvalue weighted by atomic mass is 9.69. The number of benzene rings is 1. The molecule has 2 aliphatic rings. The van der Waals surface area contributed by atoms with E-state index in [9.17, 15) is 14.4 Å². The van der Waals surface area contributed by atoms with E-state index in [1.54, 1.807) is 40.0 Å². The number of nitrogens with one attached hydrogen (secondary N) is 1. The predicted octanol–water partition coefficient (Wildman–Crippen LogP) is 3.26. The van der Waals surface area contributed by atoms with Gasteiger partial charge in [0.05, 0.1) is 25.9 Å². The van der Waals surface area contributed by atoms with Crippen molar-refractivity contribution < 1.29 is 28.6 Å². The Bertz CT molecular complexity index is 957. The molecule has 0 fully saturated rings. The third-order valence-corrected chi connectivity index (χ3v) is 5.75. The SMILES string of the molecule is COC(=O)[C@@H]1C(=O)C2=C(C[C@@H]1C)NC(C)=C(C(=O)OC(C)C)[C@@H]2c1ccc(OC)cc1. The zero-order valence-electron chi connectivity index (χ0n) is 18.8. The van der Waals surface area contributed by atoms with E-state index in [0.29, 0.717) is 29.0 Å². The van der Waals surface area contributed by atoms with Gasteiger partial charge in [-0.1, -0.05) is 19.1 Å². The van der Waals surface area contributed by atoms with E-state index < -0.39 is 23.8 Å². The molecule has 1 N–H and O–H groups in total. The Morgan fingerprint density at radius 3 is 2.32 bits per heavy atom. The van der Waals surface area contributed by atoms with Crippen LogP contribution in [-0.4, -0.2) is 38.0 Å². The Morgan fingerprint density at radius 1 is 1.13 bits per heavy atom. The number of hydrogen-bond donors (Lipinski definition) is 1. The second kappa shape index (κ2) is 8.96. The smallest absolute Gasteiger partial charge is 0.337 e. The average molecular weight is 427 g/mol. The highest BCUT2D eigenvalue weighted by atomic mass is 16.5. The summed E-state index contributed by atoms with van der Waals surface area (Å²) in [5.74, 6) is -2.50. The third-order valence-electron chi connectivity index (χ3n) is 5.75. The zero-order valence-corrected chi connectivity index (χ0v) is 18.8. The van der Waals surface area contributed by atoms with Crippen molar-refractivity contribution in [3.63, 3.8) is 0 Å². The minimum atomic E-state index is -0.910. The third kappa shape index (κ3) is 4.22. The van der Waals surface area contributed by atoms with E-state index >= 15 is 0 Å². The molecular formula is C24H29NO6. The van der Waals surface area contributed by atoms with Crippen LogP contribution in [-0.2, 0) is 23.9 Å². The standard InChI is InChI=1S/C24H29NO6/c1-12(2)31-24(28)19-14(4)25-17-11-13(3)18(23(27)30-6)22(26)21(17)20(19)15-7-9-16(29-5)10-8-15/h7-10,12-13,18,20,25H,11H2,1-6H3/t13-,18-,20-/m0/s1. The summed E-state index contributed by atoms with van der Waals surface area (Å²) < 4.78 is 15.7. The topological polar surface area (TPSA) is 90.9 Å². The van der Waals surface area contributed by atoms with Crippen LogP contribution >= 0.6 is 0 Å². The van der Waals surface area contributed by atoms with Crippen LogP contribution in [0.3, 0.4) is 0 Å². The Balaban J connectivity index is 2.17. The Morgan fingerprint density at radius 2 is 1.77 bits per heavy atom. The lowest BCUT2D eigenvalue weighted by Gasteiger charge is -2.38. The molecule has 3 rings (SSSR count). The van der Waals surface area contributed by atoms with Crippen LogP contribution in [0.5, 0.6) is 5.75 Å². The van der Waals surface area contributed by atoms with Crippen LogP contribution in [0.2, 0.25) is 0 Å². The monoisotopic (exact) mass is 427 g/mol. The summed E-state index contributed by atoms with van der Waals surface area (Å²) in [6, 6.07) is 7.22. The fourth-order valence-corrected chi connectivity index (χ4v) is 4.36. The van der Waals surface area contributed by atoms with Gasteiger partial charge in [0.2, 0.25) is 0 Å². The zero-order chi connectivity index (χ0) is 22.9. The maximum Gasteiger partial charge on any atom is 0.337 e. The van der Waals surface area contributed by atoms with Crippen LogP contribution in [0.15, 0.2) is 46.8 Å². The number of ether oxygens (including phenoxy) is 3. The van der Waals surface area contributed by atoms with Crippen molar-refractivity contribution in [1.29, 1.82) is 0 Å². The molecule has 31 heavy (non-hydrogen) atoms. The first-order valence-electron chi connectivity index (χ1n) is 10.4. The van der Waals surface area contributed by atoms with E-state index in [2.05, 4.69) is 5.32 Å². The molecule has 1 heterocycles. The normalized spacial score (nSPS) is 23.3. The lowest BCUT2D eigenvalue weighted by molar-refractivity contribution is -0.151. The molecule has 0 saturated heterocycles. The summed E-state index contributed by atoms with van der Waals surface area (Å²) in [6.45, 7) is 7.21. The Labute approximate surface area is 182 Å². The van der Waals surface area contributed by atoms with E-state index in [1.165, 1.54) is 7.11 Å². The van der Waals surface area contributed by atoms with E-state index in [1.807, 2.05) is 19.1 Å². The predicted molar refractivity (Wildman–Crippen MR) is 114 cm³/mol. The van der Waals surface area contributed by atoms with E-state index in [4.69, 9.17) is 14.2 Å². The van der Waals surface area contributed by atoms with Crippen LogP contribution in [0, 0.1) is 11.8 Å². The molecule has 1 aliphatic carbocycles. The van der Waals surface area contributed by atoms with Crippen molar-refractivity contribution >= 4 is 17.7 Å². The summed E-state index contributed by atoms with van der Waals surface area (Å²) in [5, 5.41) is 3.24. The van der Waals surface area contributed by atoms with Crippen LogP contribution in [0.1, 0.15) is 45.6 Å². The van der Waals surface area contributed by atoms with Crippen LogP contribution in [0.25, 0.3) is 0 Å². The van der Waals surface area contributed by atoms with Gasteiger partial charge >= 0.3 is 11.9 Å². The molecule has 7 nitrogen and oxygen atoms in total. The number of rotatable bonds is 5. The largest absolute Gasteiger partial charge is 0.497 e. The molecule has 1 aromatic rings. The van der Waals surface area contributed by atoms with E-state index in [0.717, 1.165) is 11.3 Å². The van der Waals surface area contributed by atoms with E-state index in [-0.39, 0.29) is 17.8 Å². The molecule has 7 heteroatoms. The first kappa shape index (κ1) is 22.6. The van der Waals surface area contributed by atoms with Gasteiger partial charge in [-0.2, -0.15) is 0 Å². The van der Waals surface area contributed by atoms with Gasteiger partial charge in [-0.25, -0.2) is 4.79 Å². The van der Waals surface area contributed by atoms with Gasteiger partial charge in [0.25, 0.3) is 0 Å². The Hall–Kier alpha value is -3.09. The molecule has 0 bridgehead atoms. The number of methoxy groups -OCH3 is 2.